The molecule has 25 heavy (non-hydrogen) atoms. The predicted molar refractivity (Wildman–Crippen MR) is 91.0 cm³/mol. The van der Waals surface area contributed by atoms with Gasteiger partial charge in [0.25, 0.3) is 0 Å². The minimum Gasteiger partial charge on any atom is -0.508 e. The van der Waals surface area contributed by atoms with Crippen LogP contribution in [0.25, 0.3) is 11.0 Å². The maximum Gasteiger partial charge on any atom is 0.336 e. The summed E-state index contributed by atoms with van der Waals surface area (Å²) in [5.41, 5.74) is 2.01. The highest BCUT2D eigenvalue weighted by molar-refractivity contribution is 5.81. The van der Waals surface area contributed by atoms with Crippen LogP contribution in [-0.4, -0.2) is 18.9 Å². The van der Waals surface area contributed by atoms with E-state index in [4.69, 9.17) is 13.9 Å². The third kappa shape index (κ3) is 3.16. The Kier molecular flexibility index (Phi) is 3.82. The van der Waals surface area contributed by atoms with Crippen molar-refractivity contribution in [2.75, 3.05) is 13.8 Å². The fourth-order valence-electron chi connectivity index (χ4n) is 3.15. The molecule has 6 heteroatoms. The van der Waals surface area contributed by atoms with Crippen LogP contribution in [0.15, 0.2) is 51.7 Å². The maximum atomic E-state index is 11.8. The molecule has 0 saturated carbocycles. The fraction of sp³-hybridized carbons (Fsp3) is 0.211. The summed E-state index contributed by atoms with van der Waals surface area (Å²) in [6, 6.07) is 12.3. The average molecular weight is 340 g/mol. The summed E-state index contributed by atoms with van der Waals surface area (Å²) >= 11 is 0. The molecule has 0 bridgehead atoms. The van der Waals surface area contributed by atoms with Crippen LogP contribution < -0.4 is 20.0 Å². The van der Waals surface area contributed by atoms with Crippen LogP contribution in [-0.2, 0) is 13.1 Å². The highest BCUT2D eigenvalue weighted by Crippen LogP contribution is 2.32. The largest absolute Gasteiger partial charge is 0.508 e. The zero-order valence-electron chi connectivity index (χ0n) is 13.7. The van der Waals surface area contributed by atoms with Gasteiger partial charge in [0.15, 0.2) is 11.5 Å². The van der Waals surface area contributed by atoms with Gasteiger partial charge < -0.3 is 23.9 Å². The number of ether oxygens (including phenoxy) is 2. The Morgan fingerprint density at radius 1 is 1.04 bits per heavy atom. The second-order valence-corrected chi connectivity index (χ2v) is 6.27. The molecule has 0 amide bonds. The number of hydrogen-bond donors (Lipinski definition) is 2. The molecule has 2 aromatic carbocycles. The zero-order valence-corrected chi connectivity index (χ0v) is 13.7. The van der Waals surface area contributed by atoms with Gasteiger partial charge >= 0.3 is 5.63 Å². The third-order valence-corrected chi connectivity index (χ3v) is 4.25. The van der Waals surface area contributed by atoms with Gasteiger partial charge in [0.05, 0.1) is 7.05 Å². The Morgan fingerprint density at radius 3 is 2.76 bits per heavy atom. The van der Waals surface area contributed by atoms with Crippen molar-refractivity contribution < 1.29 is 23.9 Å². The zero-order chi connectivity index (χ0) is 17.4. The van der Waals surface area contributed by atoms with Gasteiger partial charge in [0.2, 0.25) is 6.79 Å². The van der Waals surface area contributed by atoms with Crippen LogP contribution in [0.1, 0.15) is 11.1 Å². The average Bonchev–Trinajstić information content (AvgIpc) is 3.01. The first-order valence-electron chi connectivity index (χ1n) is 8.04. The van der Waals surface area contributed by atoms with E-state index in [1.54, 1.807) is 12.1 Å². The lowest BCUT2D eigenvalue weighted by molar-refractivity contribution is -0.907. The number of fused-ring (bicyclic) bond motifs is 2. The summed E-state index contributed by atoms with van der Waals surface area (Å²) in [4.78, 5) is 13.0. The fourth-order valence-corrected chi connectivity index (χ4v) is 3.15. The minimum absolute atomic E-state index is 0.0776. The number of hydrogen-bond acceptors (Lipinski definition) is 5. The molecule has 2 N–H and O–H groups in total. The van der Waals surface area contributed by atoms with Crippen molar-refractivity contribution in [3.8, 4) is 17.2 Å². The highest BCUT2D eigenvalue weighted by atomic mass is 16.7. The predicted octanol–water partition coefficient (Wildman–Crippen LogP) is 1.44. The molecule has 1 aliphatic heterocycles. The first kappa shape index (κ1) is 15.5. The Bertz CT molecular complexity index is 995. The van der Waals surface area contributed by atoms with Crippen molar-refractivity contribution in [3.63, 3.8) is 0 Å². The topological polar surface area (TPSA) is 73.3 Å². The molecule has 0 aliphatic carbocycles. The molecule has 1 unspecified atom stereocenters. The Balaban J connectivity index is 1.57. The summed E-state index contributed by atoms with van der Waals surface area (Å²) in [6.07, 6.45) is 0. The van der Waals surface area contributed by atoms with Gasteiger partial charge in [0, 0.05) is 28.6 Å². The van der Waals surface area contributed by atoms with Gasteiger partial charge in [-0.05, 0) is 30.3 Å². The maximum absolute atomic E-state index is 11.8. The van der Waals surface area contributed by atoms with E-state index in [2.05, 4.69) is 7.05 Å². The summed E-state index contributed by atoms with van der Waals surface area (Å²) in [5, 5.41) is 10.4. The molecule has 1 atom stereocenters. The van der Waals surface area contributed by atoms with Gasteiger partial charge in [-0.25, -0.2) is 4.79 Å². The standard InChI is InChI=1S/C19H17NO5/c1-20(9-12-2-5-16-18(6-12)24-11-23-16)10-13-7-19(22)25-17-8-14(21)3-4-15(13)17/h2-8,21H,9-11H2,1H3/p+1. The molecule has 128 valence electrons. The molecule has 0 saturated heterocycles. The highest BCUT2D eigenvalue weighted by Gasteiger charge is 2.16. The van der Waals surface area contributed by atoms with Crippen molar-refractivity contribution in [1.82, 2.24) is 0 Å². The van der Waals surface area contributed by atoms with Crippen molar-refractivity contribution in [1.29, 1.82) is 0 Å². The van der Waals surface area contributed by atoms with Crippen LogP contribution in [0.4, 0.5) is 0 Å². The van der Waals surface area contributed by atoms with E-state index in [0.29, 0.717) is 12.1 Å². The van der Waals surface area contributed by atoms with E-state index in [0.717, 1.165) is 34.6 Å². The molecule has 1 aromatic heterocycles. The summed E-state index contributed by atoms with van der Waals surface area (Å²) in [5.74, 6) is 1.62. The summed E-state index contributed by atoms with van der Waals surface area (Å²) in [6.45, 7) is 1.69. The molecule has 0 fully saturated rings. The Morgan fingerprint density at radius 2 is 1.88 bits per heavy atom. The lowest BCUT2D eigenvalue weighted by Gasteiger charge is -2.15. The number of nitrogens with one attached hydrogen (secondary N) is 1. The molecule has 2 heterocycles. The summed E-state index contributed by atoms with van der Waals surface area (Å²) in [7, 11) is 2.06. The molecule has 0 radical (unpaired) electrons. The van der Waals surface area contributed by atoms with E-state index in [-0.39, 0.29) is 12.5 Å². The van der Waals surface area contributed by atoms with Gasteiger partial charge in [-0.1, -0.05) is 0 Å². The van der Waals surface area contributed by atoms with Gasteiger partial charge in [-0.15, -0.1) is 0 Å². The monoisotopic (exact) mass is 340 g/mol. The van der Waals surface area contributed by atoms with Gasteiger partial charge in [-0.2, -0.15) is 0 Å². The molecular formula is C19H18NO5+. The van der Waals surface area contributed by atoms with E-state index in [1.165, 1.54) is 17.0 Å². The number of phenols is 1. The minimum atomic E-state index is -0.413. The smallest absolute Gasteiger partial charge is 0.336 e. The Labute approximate surface area is 143 Å². The van der Waals surface area contributed by atoms with Crippen molar-refractivity contribution in [2.45, 2.75) is 13.1 Å². The molecule has 0 spiro atoms. The third-order valence-electron chi connectivity index (χ3n) is 4.25. The molecule has 1 aliphatic rings. The number of phenolic OH excluding ortho intramolecular Hbond substituents is 1. The van der Waals surface area contributed by atoms with E-state index in [1.807, 2.05) is 18.2 Å². The molecule has 6 nitrogen and oxygen atoms in total. The quantitative estimate of drug-likeness (QED) is 0.703. The first-order chi connectivity index (χ1) is 12.1. The second-order valence-electron chi connectivity index (χ2n) is 6.27. The number of quaternary nitrogens is 1. The normalized spacial score (nSPS) is 14.0. The molecular weight excluding hydrogens is 322 g/mol. The SMILES string of the molecule is C[NH+](Cc1ccc2c(c1)OCO2)Cc1cc(=O)oc2cc(O)ccc12. The van der Waals surface area contributed by atoms with Crippen LogP contribution in [0, 0.1) is 0 Å². The van der Waals surface area contributed by atoms with Crippen LogP contribution in [0.3, 0.4) is 0 Å². The first-order valence-corrected chi connectivity index (χ1v) is 8.04. The van der Waals surface area contributed by atoms with Crippen LogP contribution in [0.5, 0.6) is 17.2 Å². The van der Waals surface area contributed by atoms with Crippen molar-refractivity contribution in [2.24, 2.45) is 0 Å². The van der Waals surface area contributed by atoms with Crippen LogP contribution >= 0.6 is 0 Å². The Hall–Kier alpha value is -2.99. The summed E-state index contributed by atoms with van der Waals surface area (Å²) < 4.78 is 15.9. The molecule has 3 aromatic rings. The van der Waals surface area contributed by atoms with Crippen molar-refractivity contribution in [3.05, 3.63) is 64.0 Å². The van der Waals surface area contributed by atoms with E-state index < -0.39 is 5.63 Å². The lowest BCUT2D eigenvalue weighted by Crippen LogP contribution is -3.06. The van der Waals surface area contributed by atoms with E-state index in [9.17, 15) is 9.90 Å². The van der Waals surface area contributed by atoms with E-state index >= 15 is 0 Å². The van der Waals surface area contributed by atoms with Gasteiger partial charge in [-0.3, -0.25) is 0 Å². The molecule has 4 rings (SSSR count). The van der Waals surface area contributed by atoms with Crippen LogP contribution in [0.2, 0.25) is 0 Å². The van der Waals surface area contributed by atoms with Crippen molar-refractivity contribution >= 4 is 11.0 Å². The van der Waals surface area contributed by atoms with Gasteiger partial charge in [0.1, 0.15) is 24.4 Å². The number of benzene rings is 2. The lowest BCUT2D eigenvalue weighted by atomic mass is 10.1. The number of aromatic hydroxyl groups is 1. The number of rotatable bonds is 4. The second kappa shape index (κ2) is 6.14.